The van der Waals surface area contributed by atoms with E-state index in [1.165, 1.54) is 12.8 Å². The molecule has 1 N–H and O–H groups in total. The summed E-state index contributed by atoms with van der Waals surface area (Å²) in [6.07, 6.45) is 6.61. The molecule has 0 saturated carbocycles. The summed E-state index contributed by atoms with van der Waals surface area (Å²) >= 11 is 0. The summed E-state index contributed by atoms with van der Waals surface area (Å²) in [7, 11) is 0. The number of allylic oxidation sites excluding steroid dienone is 1. The molecule has 0 atom stereocenters. The Hall–Kier alpha value is -0.830. The molecule has 0 aromatic carbocycles. The van der Waals surface area contributed by atoms with Gasteiger partial charge in [-0.05, 0) is 19.8 Å². The standard InChI is InChI=1S/C12H22O3/c1-3-5-6-7-8-11(9-10-13)12(14)15-4-2/h8,13H,3-7,9-10H2,1-2H3. The maximum absolute atomic E-state index is 11.4. The average Bonchev–Trinajstić information content (AvgIpc) is 2.23. The summed E-state index contributed by atoms with van der Waals surface area (Å²) in [5.74, 6) is -0.289. The van der Waals surface area contributed by atoms with Crippen LogP contribution in [0.3, 0.4) is 0 Å². The second-order valence-corrected chi connectivity index (χ2v) is 3.42. The molecule has 0 aliphatic rings. The van der Waals surface area contributed by atoms with E-state index in [1.54, 1.807) is 6.92 Å². The Balaban J connectivity index is 4.05. The SMILES string of the molecule is CCCCCC=C(CCO)C(=O)OCC. The highest BCUT2D eigenvalue weighted by Crippen LogP contribution is 2.08. The van der Waals surface area contributed by atoms with Crippen molar-refractivity contribution < 1.29 is 14.6 Å². The van der Waals surface area contributed by atoms with Crippen LogP contribution in [0.25, 0.3) is 0 Å². The Bertz CT molecular complexity index is 197. The van der Waals surface area contributed by atoms with Crippen molar-refractivity contribution >= 4 is 5.97 Å². The van der Waals surface area contributed by atoms with E-state index in [0.29, 0.717) is 18.6 Å². The highest BCUT2D eigenvalue weighted by Gasteiger charge is 2.08. The predicted octanol–water partition coefficient (Wildman–Crippen LogP) is 2.44. The van der Waals surface area contributed by atoms with Gasteiger partial charge in [-0.25, -0.2) is 4.79 Å². The van der Waals surface area contributed by atoms with Crippen molar-refractivity contribution in [2.75, 3.05) is 13.2 Å². The summed E-state index contributed by atoms with van der Waals surface area (Å²) in [5.41, 5.74) is 0.607. The van der Waals surface area contributed by atoms with Crippen LogP contribution >= 0.6 is 0 Å². The van der Waals surface area contributed by atoms with Gasteiger partial charge in [0, 0.05) is 18.6 Å². The predicted molar refractivity (Wildman–Crippen MR) is 60.6 cm³/mol. The number of esters is 1. The average molecular weight is 214 g/mol. The summed E-state index contributed by atoms with van der Waals surface area (Å²) in [6, 6.07) is 0. The van der Waals surface area contributed by atoms with Gasteiger partial charge in [0.25, 0.3) is 0 Å². The van der Waals surface area contributed by atoms with Crippen molar-refractivity contribution in [2.24, 2.45) is 0 Å². The first-order valence-corrected chi connectivity index (χ1v) is 5.73. The van der Waals surface area contributed by atoms with Gasteiger partial charge in [0.05, 0.1) is 6.61 Å². The van der Waals surface area contributed by atoms with Gasteiger partial charge in [-0.2, -0.15) is 0 Å². The van der Waals surface area contributed by atoms with E-state index in [9.17, 15) is 4.79 Å². The number of aliphatic hydroxyl groups excluding tert-OH is 1. The number of carbonyl (C=O) groups excluding carboxylic acids is 1. The fourth-order valence-electron chi connectivity index (χ4n) is 1.30. The normalized spacial score (nSPS) is 11.5. The molecular weight excluding hydrogens is 192 g/mol. The van der Waals surface area contributed by atoms with Gasteiger partial charge in [0.15, 0.2) is 0 Å². The Labute approximate surface area is 92.1 Å². The highest BCUT2D eigenvalue weighted by molar-refractivity contribution is 5.88. The molecule has 15 heavy (non-hydrogen) atoms. The van der Waals surface area contributed by atoms with Gasteiger partial charge in [0.2, 0.25) is 0 Å². The van der Waals surface area contributed by atoms with Gasteiger partial charge in [0.1, 0.15) is 0 Å². The smallest absolute Gasteiger partial charge is 0.333 e. The zero-order valence-electron chi connectivity index (χ0n) is 9.79. The van der Waals surface area contributed by atoms with E-state index in [4.69, 9.17) is 9.84 Å². The Kier molecular flexibility index (Phi) is 9.18. The molecule has 3 nitrogen and oxygen atoms in total. The molecule has 0 heterocycles. The van der Waals surface area contributed by atoms with Crippen molar-refractivity contribution in [1.29, 1.82) is 0 Å². The summed E-state index contributed by atoms with van der Waals surface area (Å²) < 4.78 is 4.90. The monoisotopic (exact) mass is 214 g/mol. The molecular formula is C12H22O3. The van der Waals surface area contributed by atoms with E-state index in [2.05, 4.69) is 6.92 Å². The van der Waals surface area contributed by atoms with Gasteiger partial charge < -0.3 is 9.84 Å². The minimum atomic E-state index is -0.289. The van der Waals surface area contributed by atoms with E-state index in [0.717, 1.165) is 12.8 Å². The molecule has 0 bridgehead atoms. The fourth-order valence-corrected chi connectivity index (χ4v) is 1.30. The first-order chi connectivity index (χ1) is 7.26. The second-order valence-electron chi connectivity index (χ2n) is 3.42. The summed E-state index contributed by atoms with van der Waals surface area (Å²) in [5, 5.41) is 8.81. The molecule has 3 heteroatoms. The van der Waals surface area contributed by atoms with Crippen LogP contribution in [0.15, 0.2) is 11.6 Å². The third-order valence-electron chi connectivity index (χ3n) is 2.12. The molecule has 0 aliphatic carbocycles. The number of unbranched alkanes of at least 4 members (excludes halogenated alkanes) is 3. The lowest BCUT2D eigenvalue weighted by molar-refractivity contribution is -0.138. The molecule has 0 spiro atoms. The lowest BCUT2D eigenvalue weighted by Gasteiger charge is -2.05. The van der Waals surface area contributed by atoms with Crippen LogP contribution in [-0.4, -0.2) is 24.3 Å². The molecule has 0 saturated heterocycles. The quantitative estimate of drug-likeness (QED) is 0.383. The van der Waals surface area contributed by atoms with Crippen LogP contribution in [-0.2, 0) is 9.53 Å². The van der Waals surface area contributed by atoms with Crippen LogP contribution in [0.4, 0.5) is 0 Å². The van der Waals surface area contributed by atoms with Crippen molar-refractivity contribution in [2.45, 2.75) is 46.0 Å². The number of aliphatic hydroxyl groups is 1. The molecule has 0 aliphatic heterocycles. The Morgan fingerprint density at radius 2 is 2.07 bits per heavy atom. The Morgan fingerprint density at radius 1 is 1.33 bits per heavy atom. The first-order valence-electron chi connectivity index (χ1n) is 5.73. The summed E-state index contributed by atoms with van der Waals surface area (Å²) in [4.78, 5) is 11.4. The van der Waals surface area contributed by atoms with Gasteiger partial charge in [-0.1, -0.05) is 25.8 Å². The zero-order chi connectivity index (χ0) is 11.5. The molecule has 0 aromatic rings. The second kappa shape index (κ2) is 9.71. The molecule has 0 unspecified atom stereocenters. The van der Waals surface area contributed by atoms with Crippen LogP contribution < -0.4 is 0 Å². The third kappa shape index (κ3) is 7.14. The number of carbonyl (C=O) groups is 1. The van der Waals surface area contributed by atoms with Crippen LogP contribution in [0.5, 0.6) is 0 Å². The van der Waals surface area contributed by atoms with Crippen molar-refractivity contribution in [3.05, 3.63) is 11.6 Å². The van der Waals surface area contributed by atoms with Crippen LogP contribution in [0.2, 0.25) is 0 Å². The fraction of sp³-hybridized carbons (Fsp3) is 0.750. The molecule has 0 amide bonds. The molecule has 0 aromatic heterocycles. The zero-order valence-corrected chi connectivity index (χ0v) is 9.79. The maximum Gasteiger partial charge on any atom is 0.333 e. The van der Waals surface area contributed by atoms with Gasteiger partial charge in [-0.15, -0.1) is 0 Å². The van der Waals surface area contributed by atoms with E-state index in [-0.39, 0.29) is 12.6 Å². The lowest BCUT2D eigenvalue weighted by Crippen LogP contribution is -2.09. The number of hydrogen-bond acceptors (Lipinski definition) is 3. The number of hydrogen-bond donors (Lipinski definition) is 1. The maximum atomic E-state index is 11.4. The van der Waals surface area contributed by atoms with Gasteiger partial charge >= 0.3 is 5.97 Å². The minimum Gasteiger partial charge on any atom is -0.463 e. The largest absolute Gasteiger partial charge is 0.463 e. The molecule has 0 rings (SSSR count). The number of rotatable bonds is 8. The van der Waals surface area contributed by atoms with Crippen molar-refractivity contribution in [1.82, 2.24) is 0 Å². The van der Waals surface area contributed by atoms with E-state index >= 15 is 0 Å². The first kappa shape index (κ1) is 14.2. The van der Waals surface area contributed by atoms with Crippen LogP contribution in [0, 0.1) is 0 Å². The third-order valence-corrected chi connectivity index (χ3v) is 2.12. The van der Waals surface area contributed by atoms with Crippen molar-refractivity contribution in [3.8, 4) is 0 Å². The lowest BCUT2D eigenvalue weighted by atomic mass is 10.1. The van der Waals surface area contributed by atoms with Crippen LogP contribution in [0.1, 0.15) is 46.0 Å². The molecule has 88 valence electrons. The highest BCUT2D eigenvalue weighted by atomic mass is 16.5. The summed E-state index contributed by atoms with van der Waals surface area (Å²) in [6.45, 7) is 4.31. The topological polar surface area (TPSA) is 46.5 Å². The van der Waals surface area contributed by atoms with E-state index in [1.807, 2.05) is 6.08 Å². The van der Waals surface area contributed by atoms with Gasteiger partial charge in [-0.3, -0.25) is 0 Å². The Morgan fingerprint density at radius 3 is 2.60 bits per heavy atom. The minimum absolute atomic E-state index is 0.00156. The van der Waals surface area contributed by atoms with Crippen molar-refractivity contribution in [3.63, 3.8) is 0 Å². The molecule has 0 fully saturated rings. The molecule has 0 radical (unpaired) electrons. The number of ether oxygens (including phenoxy) is 1. The van der Waals surface area contributed by atoms with E-state index < -0.39 is 0 Å².